The van der Waals surface area contributed by atoms with Gasteiger partial charge in [-0.15, -0.1) is 0 Å². The molecule has 0 aromatic carbocycles. The first-order chi connectivity index (χ1) is 8.38. The second kappa shape index (κ2) is 7.62. The third-order valence-electron chi connectivity index (χ3n) is 4.03. The van der Waals surface area contributed by atoms with Gasteiger partial charge in [0, 0.05) is 30.3 Å². The van der Waals surface area contributed by atoms with Crippen molar-refractivity contribution in [3.05, 3.63) is 0 Å². The van der Waals surface area contributed by atoms with Crippen LogP contribution in [0.2, 0.25) is 0 Å². The molecule has 1 saturated heterocycles. The van der Waals surface area contributed by atoms with Crippen LogP contribution in [0.1, 0.15) is 44.9 Å². The highest BCUT2D eigenvalue weighted by Gasteiger charge is 2.21. The lowest BCUT2D eigenvalue weighted by Gasteiger charge is -2.26. The fourth-order valence-corrected chi connectivity index (χ4v) is 4.28. The smallest absolute Gasteiger partial charge is 0.0468 e. The van der Waals surface area contributed by atoms with Crippen molar-refractivity contribution in [1.29, 1.82) is 0 Å². The number of hydrogen-bond acceptors (Lipinski definition) is 4. The maximum absolute atomic E-state index is 5.68. The van der Waals surface area contributed by atoms with Crippen LogP contribution in [0.3, 0.4) is 0 Å². The first-order valence-electron chi connectivity index (χ1n) is 7.04. The van der Waals surface area contributed by atoms with Crippen molar-refractivity contribution in [3.63, 3.8) is 0 Å². The Bertz CT molecular complexity index is 204. The van der Waals surface area contributed by atoms with E-state index in [4.69, 9.17) is 10.6 Å². The predicted molar refractivity (Wildman–Crippen MR) is 74.0 cm³/mol. The minimum Gasteiger partial charge on any atom is -0.381 e. The van der Waals surface area contributed by atoms with Gasteiger partial charge in [-0.25, -0.2) is 0 Å². The van der Waals surface area contributed by atoms with Gasteiger partial charge >= 0.3 is 0 Å². The molecule has 3 nitrogen and oxygen atoms in total. The van der Waals surface area contributed by atoms with E-state index < -0.39 is 0 Å². The number of nitrogens with two attached hydrogens (primary N) is 1. The summed E-state index contributed by atoms with van der Waals surface area (Å²) in [4.78, 5) is 0. The lowest BCUT2D eigenvalue weighted by Crippen LogP contribution is -2.39. The van der Waals surface area contributed by atoms with Crippen molar-refractivity contribution in [2.45, 2.75) is 56.2 Å². The number of ether oxygens (including phenoxy) is 1. The Hall–Kier alpha value is 0.230. The van der Waals surface area contributed by atoms with Crippen molar-refractivity contribution in [1.82, 2.24) is 5.43 Å². The van der Waals surface area contributed by atoms with Gasteiger partial charge < -0.3 is 4.74 Å². The summed E-state index contributed by atoms with van der Waals surface area (Å²) in [7, 11) is 0. The standard InChI is InChI=1S/C13H26N2OS/c14-15-12(9-11-5-7-16-8-6-11)10-17-13-3-1-2-4-13/h11-13,15H,1-10,14H2. The largest absolute Gasteiger partial charge is 0.381 e. The van der Waals surface area contributed by atoms with Crippen molar-refractivity contribution in [3.8, 4) is 0 Å². The van der Waals surface area contributed by atoms with E-state index >= 15 is 0 Å². The van der Waals surface area contributed by atoms with E-state index in [9.17, 15) is 0 Å². The van der Waals surface area contributed by atoms with Crippen LogP contribution in [0.25, 0.3) is 0 Å². The van der Waals surface area contributed by atoms with Gasteiger partial charge in [-0.3, -0.25) is 11.3 Å². The van der Waals surface area contributed by atoms with Crippen LogP contribution in [-0.2, 0) is 4.74 Å². The summed E-state index contributed by atoms with van der Waals surface area (Å²) in [6.07, 6.45) is 9.34. The van der Waals surface area contributed by atoms with E-state index in [0.717, 1.165) is 24.4 Å². The molecule has 1 atom stereocenters. The molecule has 1 aliphatic carbocycles. The lowest BCUT2D eigenvalue weighted by molar-refractivity contribution is 0.0613. The van der Waals surface area contributed by atoms with Crippen LogP contribution in [0.15, 0.2) is 0 Å². The molecule has 2 fully saturated rings. The Morgan fingerprint density at radius 2 is 1.88 bits per heavy atom. The summed E-state index contributed by atoms with van der Waals surface area (Å²) in [5.41, 5.74) is 3.01. The highest BCUT2D eigenvalue weighted by atomic mass is 32.2. The maximum atomic E-state index is 5.68. The molecule has 1 aliphatic heterocycles. The summed E-state index contributed by atoms with van der Waals surface area (Å²) in [5, 5.41) is 0.903. The third-order valence-corrected chi connectivity index (χ3v) is 5.57. The van der Waals surface area contributed by atoms with Crippen molar-refractivity contribution < 1.29 is 4.74 Å². The molecule has 2 rings (SSSR count). The number of thioether (sulfide) groups is 1. The molecule has 0 aromatic heterocycles. The van der Waals surface area contributed by atoms with E-state index in [1.807, 2.05) is 0 Å². The summed E-state index contributed by atoms with van der Waals surface area (Å²) in [5.74, 6) is 7.67. The Morgan fingerprint density at radius 3 is 2.53 bits per heavy atom. The molecule has 0 spiro atoms. The van der Waals surface area contributed by atoms with Crippen LogP contribution in [0.4, 0.5) is 0 Å². The lowest BCUT2D eigenvalue weighted by atomic mass is 9.93. The van der Waals surface area contributed by atoms with Crippen LogP contribution in [0.5, 0.6) is 0 Å². The Kier molecular flexibility index (Phi) is 6.12. The Balaban J connectivity index is 1.64. The van der Waals surface area contributed by atoms with E-state index in [-0.39, 0.29) is 0 Å². The zero-order valence-electron chi connectivity index (χ0n) is 10.7. The van der Waals surface area contributed by atoms with Gasteiger partial charge in [-0.05, 0) is 38.0 Å². The van der Waals surface area contributed by atoms with E-state index in [0.29, 0.717) is 6.04 Å². The first kappa shape index (κ1) is 13.7. The van der Waals surface area contributed by atoms with Crippen LogP contribution in [-0.4, -0.2) is 30.3 Å². The molecular formula is C13H26N2OS. The van der Waals surface area contributed by atoms with Gasteiger partial charge in [-0.2, -0.15) is 11.8 Å². The van der Waals surface area contributed by atoms with E-state index in [2.05, 4.69) is 17.2 Å². The van der Waals surface area contributed by atoms with Gasteiger partial charge in [0.05, 0.1) is 0 Å². The number of hydrogen-bond donors (Lipinski definition) is 2. The third kappa shape index (κ3) is 4.78. The Labute approximate surface area is 109 Å². The summed E-state index contributed by atoms with van der Waals surface area (Å²) in [6.45, 7) is 1.88. The van der Waals surface area contributed by atoms with Crippen molar-refractivity contribution in [2.75, 3.05) is 19.0 Å². The van der Waals surface area contributed by atoms with Gasteiger partial charge in [0.1, 0.15) is 0 Å². The van der Waals surface area contributed by atoms with Crippen LogP contribution in [0, 0.1) is 5.92 Å². The van der Waals surface area contributed by atoms with E-state index in [1.54, 1.807) is 0 Å². The van der Waals surface area contributed by atoms with Gasteiger partial charge in [0.2, 0.25) is 0 Å². The quantitative estimate of drug-likeness (QED) is 0.567. The average Bonchev–Trinajstić information content (AvgIpc) is 2.89. The monoisotopic (exact) mass is 258 g/mol. The molecule has 2 aliphatic rings. The fourth-order valence-electron chi connectivity index (χ4n) is 2.88. The van der Waals surface area contributed by atoms with Crippen LogP contribution >= 0.6 is 11.8 Å². The number of rotatable bonds is 6. The van der Waals surface area contributed by atoms with Gasteiger partial charge in [0.15, 0.2) is 0 Å². The summed E-state index contributed by atoms with van der Waals surface area (Å²) >= 11 is 2.13. The molecule has 17 heavy (non-hydrogen) atoms. The molecule has 1 heterocycles. The molecule has 1 unspecified atom stereocenters. The second-order valence-electron chi connectivity index (χ2n) is 5.39. The topological polar surface area (TPSA) is 47.3 Å². The molecule has 1 saturated carbocycles. The molecule has 0 amide bonds. The number of hydrazine groups is 1. The van der Waals surface area contributed by atoms with Crippen molar-refractivity contribution >= 4 is 11.8 Å². The molecule has 4 heteroatoms. The van der Waals surface area contributed by atoms with Crippen molar-refractivity contribution in [2.24, 2.45) is 11.8 Å². The molecular weight excluding hydrogens is 232 g/mol. The highest BCUT2D eigenvalue weighted by Crippen LogP contribution is 2.30. The van der Waals surface area contributed by atoms with Gasteiger partial charge in [0.25, 0.3) is 0 Å². The summed E-state index contributed by atoms with van der Waals surface area (Å²) < 4.78 is 5.40. The molecule has 0 radical (unpaired) electrons. The predicted octanol–water partition coefficient (Wildman–Crippen LogP) is 2.31. The maximum Gasteiger partial charge on any atom is 0.0468 e. The SMILES string of the molecule is NNC(CSC1CCCC1)CC1CCOCC1. The minimum atomic E-state index is 0.490. The fraction of sp³-hybridized carbons (Fsp3) is 1.00. The molecule has 3 N–H and O–H groups in total. The average molecular weight is 258 g/mol. The normalized spacial score (nSPS) is 25.2. The van der Waals surface area contributed by atoms with Gasteiger partial charge in [-0.1, -0.05) is 12.8 Å². The van der Waals surface area contributed by atoms with E-state index in [1.165, 1.54) is 50.7 Å². The van der Waals surface area contributed by atoms with Crippen LogP contribution < -0.4 is 11.3 Å². The summed E-state index contributed by atoms with van der Waals surface area (Å²) in [6, 6.07) is 0.490. The zero-order valence-corrected chi connectivity index (χ0v) is 11.5. The number of nitrogens with one attached hydrogen (secondary N) is 1. The molecule has 0 bridgehead atoms. The zero-order chi connectivity index (χ0) is 11.9. The second-order valence-corrected chi connectivity index (χ2v) is 6.73. The Morgan fingerprint density at radius 1 is 1.18 bits per heavy atom. The first-order valence-corrected chi connectivity index (χ1v) is 8.09. The molecule has 100 valence electrons. The molecule has 0 aromatic rings. The highest BCUT2D eigenvalue weighted by molar-refractivity contribution is 7.99. The minimum absolute atomic E-state index is 0.490.